The maximum atomic E-state index is 11.1. The monoisotopic (exact) mass is 268 g/mol. The lowest BCUT2D eigenvalue weighted by Gasteiger charge is -2.06. The summed E-state index contributed by atoms with van der Waals surface area (Å²) < 4.78 is 6.63. The summed E-state index contributed by atoms with van der Waals surface area (Å²) in [5, 5.41) is 0. The van der Waals surface area contributed by atoms with Crippen LogP contribution in [0.25, 0.3) is 10.2 Å². The van der Waals surface area contributed by atoms with E-state index in [-0.39, 0.29) is 0 Å². The topological polar surface area (TPSA) is 65.2 Å². The van der Waals surface area contributed by atoms with Crippen LogP contribution in [0.3, 0.4) is 0 Å². The Kier molecular flexibility index (Phi) is 3.98. The molecule has 6 heteroatoms. The van der Waals surface area contributed by atoms with Crippen LogP contribution in [0, 0.1) is 0 Å². The highest BCUT2D eigenvalue weighted by molar-refractivity contribution is 8.01. The van der Waals surface area contributed by atoms with Crippen molar-refractivity contribution in [1.82, 2.24) is 4.98 Å². The number of benzene rings is 1. The van der Waals surface area contributed by atoms with Crippen LogP contribution in [0.2, 0.25) is 0 Å². The average molecular weight is 268 g/mol. The van der Waals surface area contributed by atoms with E-state index in [9.17, 15) is 4.79 Å². The third-order valence-electron chi connectivity index (χ3n) is 2.16. The Bertz CT molecular complexity index is 494. The molecular weight excluding hydrogens is 256 g/mol. The van der Waals surface area contributed by atoms with Crippen LogP contribution in [0.5, 0.6) is 0 Å². The zero-order chi connectivity index (χ0) is 12.3. The molecule has 0 aliphatic carbocycles. The van der Waals surface area contributed by atoms with Gasteiger partial charge in [-0.1, -0.05) is 23.9 Å². The van der Waals surface area contributed by atoms with E-state index in [0.29, 0.717) is 5.75 Å². The molecule has 2 aromatic rings. The molecule has 4 nitrogen and oxygen atoms in total. The molecule has 0 fully saturated rings. The van der Waals surface area contributed by atoms with Gasteiger partial charge in [-0.05, 0) is 12.1 Å². The number of rotatable bonds is 4. The molecule has 90 valence electrons. The predicted octanol–water partition coefficient (Wildman–Crippen LogP) is 1.89. The first kappa shape index (κ1) is 12.3. The number of carbonyl (C=O) groups excluding carboxylic acids is 1. The minimum absolute atomic E-state index is 0.390. The van der Waals surface area contributed by atoms with Crippen LogP contribution in [-0.4, -0.2) is 29.9 Å². The minimum Gasteiger partial charge on any atom is -0.468 e. The highest BCUT2D eigenvalue weighted by Gasteiger charge is 2.15. The summed E-state index contributed by atoms with van der Waals surface area (Å²) >= 11 is 3.08. The Morgan fingerprint density at radius 3 is 3.06 bits per heavy atom. The number of para-hydroxylation sites is 1. The summed E-state index contributed by atoms with van der Waals surface area (Å²) in [6.07, 6.45) is 0. The highest BCUT2D eigenvalue weighted by Crippen LogP contribution is 2.29. The third kappa shape index (κ3) is 2.96. The summed E-state index contributed by atoms with van der Waals surface area (Å²) in [6.45, 7) is 0. The second-order valence-corrected chi connectivity index (χ2v) is 5.69. The van der Waals surface area contributed by atoms with Crippen LogP contribution >= 0.6 is 23.1 Å². The van der Waals surface area contributed by atoms with Crippen molar-refractivity contribution in [1.29, 1.82) is 0 Å². The maximum absolute atomic E-state index is 11.1. The molecule has 2 N–H and O–H groups in total. The first-order valence-electron chi connectivity index (χ1n) is 5.02. The first-order valence-corrected chi connectivity index (χ1v) is 6.82. The normalized spacial score (nSPS) is 12.6. The lowest BCUT2D eigenvalue weighted by molar-refractivity contribution is -0.141. The van der Waals surface area contributed by atoms with E-state index in [2.05, 4.69) is 9.72 Å². The number of thiazole rings is 1. The van der Waals surface area contributed by atoms with E-state index < -0.39 is 12.0 Å². The molecule has 1 atom stereocenters. The molecule has 0 bridgehead atoms. The second-order valence-electron chi connectivity index (χ2n) is 3.39. The Morgan fingerprint density at radius 2 is 2.35 bits per heavy atom. The SMILES string of the molecule is COC(=O)[C@@H](N)CSc1nc2ccccc2s1. The van der Waals surface area contributed by atoms with Crippen LogP contribution in [-0.2, 0) is 9.53 Å². The Morgan fingerprint density at radius 1 is 1.59 bits per heavy atom. The fourth-order valence-electron chi connectivity index (χ4n) is 1.29. The van der Waals surface area contributed by atoms with E-state index in [1.54, 1.807) is 11.3 Å². The first-order chi connectivity index (χ1) is 8.20. The minimum atomic E-state index is -0.600. The molecular formula is C11H12N2O2S2. The summed E-state index contributed by atoms with van der Waals surface area (Å²) in [5.41, 5.74) is 6.63. The van der Waals surface area contributed by atoms with Crippen LogP contribution in [0.1, 0.15) is 0 Å². The second kappa shape index (κ2) is 5.48. The van der Waals surface area contributed by atoms with E-state index in [1.165, 1.54) is 18.9 Å². The molecule has 1 heterocycles. The number of thioether (sulfide) groups is 1. The quantitative estimate of drug-likeness (QED) is 0.677. The van der Waals surface area contributed by atoms with Gasteiger partial charge in [0.05, 0.1) is 17.3 Å². The number of ether oxygens (including phenoxy) is 1. The number of nitrogens with two attached hydrogens (primary N) is 1. The van der Waals surface area contributed by atoms with Gasteiger partial charge in [0.25, 0.3) is 0 Å². The average Bonchev–Trinajstić information content (AvgIpc) is 2.77. The molecule has 0 saturated carbocycles. The van der Waals surface area contributed by atoms with E-state index in [1.807, 2.05) is 24.3 Å². The molecule has 0 radical (unpaired) electrons. The Balaban J connectivity index is 2.01. The van der Waals surface area contributed by atoms with Crippen molar-refractivity contribution in [2.75, 3.05) is 12.9 Å². The summed E-state index contributed by atoms with van der Waals surface area (Å²) in [5.74, 6) is 0.0885. The molecule has 0 saturated heterocycles. The van der Waals surface area contributed by atoms with E-state index in [0.717, 1.165) is 14.6 Å². The van der Waals surface area contributed by atoms with Gasteiger partial charge in [-0.2, -0.15) is 0 Å². The number of carbonyl (C=O) groups is 1. The molecule has 2 rings (SSSR count). The van der Waals surface area contributed by atoms with Gasteiger partial charge in [0.2, 0.25) is 0 Å². The lowest BCUT2D eigenvalue weighted by Crippen LogP contribution is -2.33. The standard InChI is InChI=1S/C11H12N2O2S2/c1-15-10(14)7(12)6-16-11-13-8-4-2-3-5-9(8)17-11/h2-5,7H,6,12H2,1H3/t7-/m0/s1. The third-order valence-corrected chi connectivity index (χ3v) is 4.46. The number of esters is 1. The van der Waals surface area contributed by atoms with Crippen molar-refractivity contribution in [2.45, 2.75) is 10.4 Å². The van der Waals surface area contributed by atoms with Gasteiger partial charge in [-0.3, -0.25) is 4.79 Å². The lowest BCUT2D eigenvalue weighted by atomic mass is 10.3. The Hall–Kier alpha value is -1.11. The number of fused-ring (bicyclic) bond motifs is 1. The molecule has 0 unspecified atom stereocenters. The largest absolute Gasteiger partial charge is 0.468 e. The fraction of sp³-hybridized carbons (Fsp3) is 0.273. The molecule has 0 aliphatic rings. The van der Waals surface area contributed by atoms with Crippen molar-refractivity contribution in [3.8, 4) is 0 Å². The maximum Gasteiger partial charge on any atom is 0.323 e. The number of aromatic nitrogens is 1. The van der Waals surface area contributed by atoms with Crippen LogP contribution in [0.15, 0.2) is 28.6 Å². The van der Waals surface area contributed by atoms with Gasteiger partial charge in [0.15, 0.2) is 4.34 Å². The van der Waals surface area contributed by atoms with Crippen molar-refractivity contribution in [3.63, 3.8) is 0 Å². The smallest absolute Gasteiger partial charge is 0.323 e. The zero-order valence-corrected chi connectivity index (χ0v) is 10.9. The van der Waals surface area contributed by atoms with Crippen molar-refractivity contribution in [3.05, 3.63) is 24.3 Å². The summed E-state index contributed by atoms with van der Waals surface area (Å²) in [6, 6.07) is 7.33. The van der Waals surface area contributed by atoms with Crippen molar-refractivity contribution in [2.24, 2.45) is 5.73 Å². The molecule has 17 heavy (non-hydrogen) atoms. The number of hydrogen-bond acceptors (Lipinski definition) is 6. The number of nitrogens with zero attached hydrogens (tertiary/aromatic N) is 1. The molecule has 0 aliphatic heterocycles. The highest BCUT2D eigenvalue weighted by atomic mass is 32.2. The van der Waals surface area contributed by atoms with Crippen LogP contribution in [0.4, 0.5) is 0 Å². The van der Waals surface area contributed by atoms with Crippen molar-refractivity contribution >= 4 is 39.3 Å². The summed E-state index contributed by atoms with van der Waals surface area (Å²) in [4.78, 5) is 15.6. The Labute approximate surface area is 107 Å². The number of methoxy groups -OCH3 is 1. The molecule has 1 aromatic heterocycles. The van der Waals surface area contributed by atoms with Gasteiger partial charge in [0, 0.05) is 5.75 Å². The fourth-order valence-corrected chi connectivity index (χ4v) is 3.32. The van der Waals surface area contributed by atoms with E-state index in [4.69, 9.17) is 5.73 Å². The zero-order valence-electron chi connectivity index (χ0n) is 9.25. The molecule has 0 amide bonds. The van der Waals surface area contributed by atoms with E-state index >= 15 is 0 Å². The van der Waals surface area contributed by atoms with Gasteiger partial charge < -0.3 is 10.5 Å². The predicted molar refractivity (Wildman–Crippen MR) is 70.3 cm³/mol. The van der Waals surface area contributed by atoms with Crippen molar-refractivity contribution < 1.29 is 9.53 Å². The van der Waals surface area contributed by atoms with Crippen LogP contribution < -0.4 is 5.73 Å². The molecule has 0 spiro atoms. The van der Waals surface area contributed by atoms with Gasteiger partial charge in [-0.25, -0.2) is 4.98 Å². The number of hydrogen-bond donors (Lipinski definition) is 1. The van der Waals surface area contributed by atoms with Gasteiger partial charge in [0.1, 0.15) is 6.04 Å². The van der Waals surface area contributed by atoms with Gasteiger partial charge >= 0.3 is 5.97 Å². The summed E-state index contributed by atoms with van der Waals surface area (Å²) in [7, 11) is 1.34. The molecule has 1 aromatic carbocycles. The van der Waals surface area contributed by atoms with Gasteiger partial charge in [-0.15, -0.1) is 11.3 Å².